The molecule has 1 aliphatic rings. The Hall–Kier alpha value is -1.89. The van der Waals surface area contributed by atoms with Gasteiger partial charge in [-0.05, 0) is 0 Å². The molecule has 3 atom stereocenters. The summed E-state index contributed by atoms with van der Waals surface area (Å²) in [5.41, 5.74) is 5.61. The van der Waals surface area contributed by atoms with E-state index in [0.29, 0.717) is 12.1 Å². The van der Waals surface area contributed by atoms with Gasteiger partial charge in [0.2, 0.25) is 5.95 Å². The molecular formula is C12H17N5O9P2. The van der Waals surface area contributed by atoms with E-state index >= 15 is 0 Å². The van der Waals surface area contributed by atoms with E-state index in [2.05, 4.69) is 23.8 Å². The highest BCUT2D eigenvalue weighted by Gasteiger charge is 2.32. The van der Waals surface area contributed by atoms with Gasteiger partial charge in [-0.3, -0.25) is 14.3 Å². The number of aromatic nitrogens is 4. The summed E-state index contributed by atoms with van der Waals surface area (Å²) in [5.74, 6) is -0.0304. The van der Waals surface area contributed by atoms with Crippen LogP contribution < -0.4 is 11.3 Å². The van der Waals surface area contributed by atoms with E-state index in [1.54, 1.807) is 10.6 Å². The first kappa shape index (κ1) is 20.8. The van der Waals surface area contributed by atoms with E-state index in [4.69, 9.17) is 25.2 Å². The molecule has 0 aliphatic heterocycles. The molecule has 0 spiro atoms. The number of ether oxygens (including phenoxy) is 1. The van der Waals surface area contributed by atoms with Gasteiger partial charge in [-0.1, -0.05) is 12.2 Å². The zero-order valence-electron chi connectivity index (χ0n) is 14.1. The SMILES string of the molecule is Nc1nc2c(ncn2[C@H]2C=C[C@@H](OCCOP(=O)(O)OP(=O)(O)O)C2)c(=O)[nH]1. The first-order chi connectivity index (χ1) is 13.0. The summed E-state index contributed by atoms with van der Waals surface area (Å²) < 4.78 is 37.1. The first-order valence-corrected chi connectivity index (χ1v) is 10.8. The van der Waals surface area contributed by atoms with Crippen LogP contribution in [0.4, 0.5) is 5.95 Å². The molecule has 2 aromatic heterocycles. The highest BCUT2D eigenvalue weighted by Crippen LogP contribution is 2.57. The Morgan fingerprint density at radius 3 is 2.75 bits per heavy atom. The Morgan fingerprint density at radius 1 is 1.29 bits per heavy atom. The Bertz CT molecular complexity index is 1040. The van der Waals surface area contributed by atoms with Gasteiger partial charge >= 0.3 is 15.6 Å². The fraction of sp³-hybridized carbons (Fsp3) is 0.417. The molecule has 0 saturated carbocycles. The molecule has 28 heavy (non-hydrogen) atoms. The summed E-state index contributed by atoms with van der Waals surface area (Å²) in [5, 5.41) is 0. The third-order valence-corrected chi connectivity index (χ3v) is 5.89. The van der Waals surface area contributed by atoms with Gasteiger partial charge in [-0.25, -0.2) is 14.1 Å². The second-order valence-corrected chi connectivity index (χ2v) is 8.58. The van der Waals surface area contributed by atoms with Crippen LogP contribution in [0.15, 0.2) is 23.3 Å². The van der Waals surface area contributed by atoms with Crippen molar-refractivity contribution in [2.24, 2.45) is 0 Å². The summed E-state index contributed by atoms with van der Waals surface area (Å²) in [6, 6.07) is -0.202. The molecule has 3 rings (SSSR count). The Labute approximate surface area is 156 Å². The quantitative estimate of drug-likeness (QED) is 0.207. The smallest absolute Gasteiger partial charge is 0.372 e. The molecule has 1 unspecified atom stereocenters. The van der Waals surface area contributed by atoms with E-state index in [-0.39, 0.29) is 30.2 Å². The molecule has 1 aliphatic carbocycles. The second kappa shape index (κ2) is 7.85. The standard InChI is InChI=1S/C12H17N5O9P2/c13-12-15-10-9(11(18)16-12)14-6-17(10)7-1-2-8(5-7)24-3-4-25-28(22,23)26-27(19,20)21/h1-2,6-8H,3-5H2,(H,22,23)(H2,19,20,21)(H3,13,15,16,18)/t7-,8+/m0/s1. The van der Waals surface area contributed by atoms with Crippen molar-refractivity contribution >= 4 is 32.8 Å². The molecule has 0 aromatic carbocycles. The minimum absolute atomic E-state index is 0.0304. The third kappa shape index (κ3) is 5.13. The van der Waals surface area contributed by atoms with Crippen LogP contribution in [0.3, 0.4) is 0 Å². The van der Waals surface area contributed by atoms with Gasteiger partial charge in [0.15, 0.2) is 11.2 Å². The van der Waals surface area contributed by atoms with Crippen LogP contribution >= 0.6 is 15.6 Å². The molecule has 16 heteroatoms. The maximum absolute atomic E-state index is 11.8. The van der Waals surface area contributed by atoms with E-state index in [9.17, 15) is 13.9 Å². The van der Waals surface area contributed by atoms with Gasteiger partial charge in [-0.2, -0.15) is 9.29 Å². The maximum atomic E-state index is 11.8. The van der Waals surface area contributed by atoms with Crippen LogP contribution in [-0.2, 0) is 22.7 Å². The molecular weight excluding hydrogens is 420 g/mol. The molecule has 0 saturated heterocycles. The number of phosphoric acid groups is 2. The number of nitrogens with two attached hydrogens (primary N) is 1. The molecule has 0 bridgehead atoms. The number of hydrogen-bond acceptors (Lipinski definition) is 9. The van der Waals surface area contributed by atoms with Crippen molar-refractivity contribution in [1.29, 1.82) is 0 Å². The van der Waals surface area contributed by atoms with Gasteiger partial charge < -0.3 is 29.7 Å². The average molecular weight is 437 g/mol. The Morgan fingerprint density at radius 2 is 2.04 bits per heavy atom. The predicted molar refractivity (Wildman–Crippen MR) is 94.0 cm³/mol. The number of rotatable bonds is 8. The molecule has 0 fully saturated rings. The van der Waals surface area contributed by atoms with Crippen molar-refractivity contribution in [2.45, 2.75) is 18.6 Å². The monoisotopic (exact) mass is 437 g/mol. The van der Waals surface area contributed by atoms with Gasteiger partial charge in [0.25, 0.3) is 5.56 Å². The van der Waals surface area contributed by atoms with E-state index in [1.807, 2.05) is 6.08 Å². The van der Waals surface area contributed by atoms with Crippen LogP contribution in [0.2, 0.25) is 0 Å². The largest absolute Gasteiger partial charge is 0.481 e. The lowest BCUT2D eigenvalue weighted by Gasteiger charge is -2.16. The first-order valence-electron chi connectivity index (χ1n) is 7.80. The number of hydrogen-bond donors (Lipinski definition) is 5. The number of nitrogens with zero attached hydrogens (tertiary/aromatic N) is 3. The summed E-state index contributed by atoms with van der Waals surface area (Å²) in [4.78, 5) is 48.5. The highest BCUT2D eigenvalue weighted by molar-refractivity contribution is 7.60. The van der Waals surface area contributed by atoms with Crippen molar-refractivity contribution in [1.82, 2.24) is 19.5 Å². The lowest BCUT2D eigenvalue weighted by molar-refractivity contribution is 0.0481. The van der Waals surface area contributed by atoms with Gasteiger partial charge in [0.1, 0.15) is 0 Å². The van der Waals surface area contributed by atoms with E-state index < -0.39 is 27.8 Å². The number of allylic oxidation sites excluding steroid dienone is 1. The van der Waals surface area contributed by atoms with Crippen molar-refractivity contribution in [3.8, 4) is 0 Å². The Kier molecular flexibility index (Phi) is 5.84. The topological polar surface area (TPSA) is 212 Å². The van der Waals surface area contributed by atoms with E-state index in [1.165, 1.54) is 6.33 Å². The van der Waals surface area contributed by atoms with Crippen LogP contribution in [0.5, 0.6) is 0 Å². The fourth-order valence-electron chi connectivity index (χ4n) is 2.67. The highest BCUT2D eigenvalue weighted by atomic mass is 31.3. The van der Waals surface area contributed by atoms with Crippen LogP contribution in [0.25, 0.3) is 11.2 Å². The normalized spacial score (nSPS) is 22.0. The number of nitrogens with one attached hydrogen (secondary N) is 1. The number of imidazole rings is 1. The zero-order chi connectivity index (χ0) is 20.5. The molecule has 154 valence electrons. The molecule has 14 nitrogen and oxygen atoms in total. The van der Waals surface area contributed by atoms with Crippen molar-refractivity contribution in [3.63, 3.8) is 0 Å². The fourth-order valence-corrected chi connectivity index (χ4v) is 4.24. The predicted octanol–water partition coefficient (Wildman–Crippen LogP) is -0.186. The van der Waals surface area contributed by atoms with E-state index in [0.717, 1.165) is 0 Å². The van der Waals surface area contributed by atoms with Crippen molar-refractivity contribution < 1.29 is 37.4 Å². The number of nitrogen functional groups attached to an aromatic ring is 1. The van der Waals surface area contributed by atoms with Gasteiger partial charge in [-0.15, -0.1) is 0 Å². The number of aromatic amines is 1. The van der Waals surface area contributed by atoms with Gasteiger partial charge in [0.05, 0.1) is 31.7 Å². The average Bonchev–Trinajstić information content (AvgIpc) is 3.15. The molecule has 0 radical (unpaired) electrons. The third-order valence-electron chi connectivity index (χ3n) is 3.71. The van der Waals surface area contributed by atoms with Gasteiger partial charge in [0, 0.05) is 6.42 Å². The molecule has 2 aromatic rings. The zero-order valence-corrected chi connectivity index (χ0v) is 15.9. The molecule has 6 N–H and O–H groups in total. The lowest BCUT2D eigenvalue weighted by atomic mass is 10.2. The second-order valence-electron chi connectivity index (χ2n) is 5.75. The van der Waals surface area contributed by atoms with Crippen LogP contribution in [-0.4, -0.2) is 53.5 Å². The van der Waals surface area contributed by atoms with Crippen LogP contribution in [0, 0.1) is 0 Å². The summed E-state index contributed by atoms with van der Waals surface area (Å²) in [7, 11) is -10.0. The number of anilines is 1. The summed E-state index contributed by atoms with van der Waals surface area (Å²) in [6.45, 7) is -0.559. The maximum Gasteiger partial charge on any atom is 0.481 e. The Balaban J connectivity index is 1.53. The van der Waals surface area contributed by atoms with Crippen molar-refractivity contribution in [3.05, 3.63) is 28.8 Å². The minimum Gasteiger partial charge on any atom is -0.372 e. The van der Waals surface area contributed by atoms with Crippen molar-refractivity contribution in [2.75, 3.05) is 18.9 Å². The number of fused-ring (bicyclic) bond motifs is 1. The summed E-state index contributed by atoms with van der Waals surface area (Å²) in [6.07, 6.45) is 5.13. The van der Waals surface area contributed by atoms with Crippen LogP contribution in [0.1, 0.15) is 12.5 Å². The summed E-state index contributed by atoms with van der Waals surface area (Å²) >= 11 is 0. The minimum atomic E-state index is -5.16. The molecule has 2 heterocycles. The molecule has 0 amide bonds. The number of phosphoric ester groups is 1. The lowest BCUT2D eigenvalue weighted by Crippen LogP contribution is -2.16. The number of H-pyrrole nitrogens is 1.